The molecule has 1 saturated carbocycles. The lowest BCUT2D eigenvalue weighted by atomic mass is 9.91. The quantitative estimate of drug-likeness (QED) is 0.682. The first-order valence-electron chi connectivity index (χ1n) is 9.55. The van der Waals surface area contributed by atoms with Gasteiger partial charge in [0, 0.05) is 38.4 Å². The summed E-state index contributed by atoms with van der Waals surface area (Å²) in [5, 5.41) is 2.59. The molecule has 1 aliphatic carbocycles. The number of hydrogen-bond acceptors (Lipinski definition) is 4. The monoisotopic (exact) mass is 477 g/mol. The largest absolute Gasteiger partial charge is 0.438 e. The smallest absolute Gasteiger partial charge is 0.252 e. The number of rotatable bonds is 4. The average molecular weight is 477 g/mol. The number of aromatic nitrogens is 1. The van der Waals surface area contributed by atoms with Crippen molar-refractivity contribution in [3.63, 3.8) is 0 Å². The fraction of sp³-hybridized carbons (Fsp3) is 0.429. The van der Waals surface area contributed by atoms with E-state index in [9.17, 15) is 4.79 Å². The van der Waals surface area contributed by atoms with Crippen molar-refractivity contribution < 1.29 is 9.53 Å². The van der Waals surface area contributed by atoms with Gasteiger partial charge in [-0.05, 0) is 77.6 Å². The first kappa shape index (κ1) is 18.7. The molecule has 0 bridgehead atoms. The highest BCUT2D eigenvalue weighted by atomic mass is 127. The van der Waals surface area contributed by atoms with Gasteiger partial charge in [-0.2, -0.15) is 0 Å². The number of halogens is 1. The van der Waals surface area contributed by atoms with E-state index in [0.29, 0.717) is 11.4 Å². The van der Waals surface area contributed by atoms with Crippen molar-refractivity contribution in [3.05, 3.63) is 50.7 Å². The van der Waals surface area contributed by atoms with Gasteiger partial charge in [0.05, 0.1) is 9.13 Å². The summed E-state index contributed by atoms with van der Waals surface area (Å²) in [4.78, 5) is 18.6. The highest BCUT2D eigenvalue weighted by Crippen LogP contribution is 2.32. The van der Waals surface area contributed by atoms with Gasteiger partial charge in [0.2, 0.25) is 5.88 Å². The van der Waals surface area contributed by atoms with Crippen molar-refractivity contribution in [1.29, 1.82) is 0 Å². The van der Waals surface area contributed by atoms with Gasteiger partial charge >= 0.3 is 0 Å². The Kier molecular flexibility index (Phi) is 5.63. The van der Waals surface area contributed by atoms with Gasteiger partial charge in [-0.15, -0.1) is 0 Å². The van der Waals surface area contributed by atoms with Crippen molar-refractivity contribution in [2.24, 2.45) is 0 Å². The minimum Gasteiger partial charge on any atom is -0.438 e. The van der Waals surface area contributed by atoms with E-state index in [4.69, 9.17) is 4.74 Å². The van der Waals surface area contributed by atoms with Gasteiger partial charge in [0.25, 0.3) is 5.91 Å². The number of pyridine rings is 1. The van der Waals surface area contributed by atoms with Gasteiger partial charge in [-0.3, -0.25) is 9.69 Å². The lowest BCUT2D eigenvalue weighted by molar-refractivity contribution is 0.0962. The number of nitrogens with one attached hydrogen (secondary N) is 1. The zero-order chi connectivity index (χ0) is 18.8. The fourth-order valence-electron chi connectivity index (χ4n) is 3.77. The highest BCUT2D eigenvalue weighted by molar-refractivity contribution is 14.1. The predicted molar refractivity (Wildman–Crippen MR) is 113 cm³/mol. The molecule has 0 atom stereocenters. The molecule has 1 amide bonds. The summed E-state index contributed by atoms with van der Waals surface area (Å²) in [6.45, 7) is 2.30. The Morgan fingerprint density at radius 3 is 2.56 bits per heavy atom. The van der Waals surface area contributed by atoms with E-state index in [1.54, 1.807) is 25.4 Å². The molecule has 142 valence electrons. The summed E-state index contributed by atoms with van der Waals surface area (Å²) in [5.74, 6) is 1.20. The second kappa shape index (κ2) is 8.14. The summed E-state index contributed by atoms with van der Waals surface area (Å²) < 4.78 is 7.12. The van der Waals surface area contributed by atoms with Crippen LogP contribution in [-0.2, 0) is 12.8 Å². The molecule has 2 heterocycles. The number of benzene rings is 1. The number of hydrogen-bond donors (Lipinski definition) is 1. The Labute approximate surface area is 173 Å². The van der Waals surface area contributed by atoms with Crippen molar-refractivity contribution in [2.75, 3.05) is 20.1 Å². The Bertz CT molecular complexity index is 834. The van der Waals surface area contributed by atoms with E-state index in [1.807, 2.05) is 0 Å². The van der Waals surface area contributed by atoms with E-state index in [0.717, 1.165) is 41.3 Å². The summed E-state index contributed by atoms with van der Waals surface area (Å²) in [6.07, 6.45) is 7.83. The molecule has 1 aliphatic heterocycles. The Hall–Kier alpha value is -1.67. The first-order chi connectivity index (χ1) is 13.1. The van der Waals surface area contributed by atoms with Gasteiger partial charge < -0.3 is 10.1 Å². The van der Waals surface area contributed by atoms with E-state index in [1.165, 1.54) is 30.4 Å². The van der Waals surface area contributed by atoms with Gasteiger partial charge in [-0.25, -0.2) is 4.98 Å². The van der Waals surface area contributed by atoms with Crippen molar-refractivity contribution in [1.82, 2.24) is 15.2 Å². The molecule has 27 heavy (non-hydrogen) atoms. The zero-order valence-corrected chi connectivity index (χ0v) is 17.7. The van der Waals surface area contributed by atoms with Crippen LogP contribution in [0.25, 0.3) is 0 Å². The Balaban J connectivity index is 1.50. The minimum atomic E-state index is -0.148. The predicted octanol–water partition coefficient (Wildman–Crippen LogP) is 3.79. The van der Waals surface area contributed by atoms with Crippen LogP contribution in [0.15, 0.2) is 30.5 Å². The van der Waals surface area contributed by atoms with Crippen LogP contribution >= 0.6 is 22.6 Å². The molecule has 1 aromatic carbocycles. The van der Waals surface area contributed by atoms with Gasteiger partial charge in [0.15, 0.2) is 0 Å². The molecule has 0 radical (unpaired) electrons. The first-order valence-corrected chi connectivity index (χ1v) is 10.6. The van der Waals surface area contributed by atoms with Crippen molar-refractivity contribution in [3.8, 4) is 11.6 Å². The normalized spacial score (nSPS) is 17.6. The SMILES string of the molecule is CNC(=O)c1ccc(Oc2cc3c(cc2I)CCN(C2CCC2)CC3)nc1. The van der Waals surface area contributed by atoms with Gasteiger partial charge in [-0.1, -0.05) is 6.42 Å². The molecule has 5 nitrogen and oxygen atoms in total. The molecule has 0 spiro atoms. The Morgan fingerprint density at radius 1 is 1.22 bits per heavy atom. The molecule has 1 fully saturated rings. The second-order valence-electron chi connectivity index (χ2n) is 7.24. The molecule has 6 heteroatoms. The summed E-state index contributed by atoms with van der Waals surface area (Å²) in [7, 11) is 1.61. The van der Waals surface area contributed by atoms with E-state index in [-0.39, 0.29) is 5.91 Å². The van der Waals surface area contributed by atoms with Crippen LogP contribution < -0.4 is 10.1 Å². The third kappa shape index (κ3) is 4.11. The molecule has 1 N–H and O–H groups in total. The van der Waals surface area contributed by atoms with Crippen molar-refractivity contribution >= 4 is 28.5 Å². The number of carbonyl (C=O) groups is 1. The number of ether oxygens (including phenoxy) is 1. The topological polar surface area (TPSA) is 54.5 Å². The average Bonchev–Trinajstić information content (AvgIpc) is 2.83. The van der Waals surface area contributed by atoms with Crippen LogP contribution in [0.5, 0.6) is 11.6 Å². The molecule has 4 rings (SSSR count). The van der Waals surface area contributed by atoms with Gasteiger partial charge in [0.1, 0.15) is 5.75 Å². The maximum Gasteiger partial charge on any atom is 0.252 e. The second-order valence-corrected chi connectivity index (χ2v) is 8.40. The maximum atomic E-state index is 11.6. The van der Waals surface area contributed by atoms with Crippen LogP contribution in [0.2, 0.25) is 0 Å². The lowest BCUT2D eigenvalue weighted by Crippen LogP contribution is -2.41. The zero-order valence-electron chi connectivity index (χ0n) is 15.5. The number of nitrogens with zero attached hydrogens (tertiary/aromatic N) is 2. The number of carbonyl (C=O) groups excluding carboxylic acids is 1. The minimum absolute atomic E-state index is 0.148. The third-order valence-corrected chi connectivity index (χ3v) is 6.47. The molecule has 0 unspecified atom stereocenters. The standard InChI is InChI=1S/C21H24IN3O2/c1-23-21(26)16-5-6-20(24-13-16)27-19-12-15-8-10-25(17-3-2-4-17)9-7-14(15)11-18(19)22/h5-6,11-13,17H,2-4,7-10H2,1H3,(H,23,26). The van der Waals surface area contributed by atoms with Crippen LogP contribution in [0, 0.1) is 3.57 Å². The maximum absolute atomic E-state index is 11.6. The molecular weight excluding hydrogens is 453 g/mol. The number of fused-ring (bicyclic) bond motifs is 1. The summed E-state index contributed by atoms with van der Waals surface area (Å²) in [6, 6.07) is 8.71. The van der Waals surface area contributed by atoms with Crippen LogP contribution in [0.1, 0.15) is 40.7 Å². The molecular formula is C21H24IN3O2. The molecule has 1 aromatic heterocycles. The fourth-order valence-corrected chi connectivity index (χ4v) is 4.41. The molecule has 2 aliphatic rings. The third-order valence-electron chi connectivity index (χ3n) is 5.62. The van der Waals surface area contributed by atoms with E-state index in [2.05, 4.69) is 49.9 Å². The lowest BCUT2D eigenvalue weighted by Gasteiger charge is -2.36. The highest BCUT2D eigenvalue weighted by Gasteiger charge is 2.26. The van der Waals surface area contributed by atoms with Crippen molar-refractivity contribution in [2.45, 2.75) is 38.1 Å². The van der Waals surface area contributed by atoms with E-state index < -0.39 is 0 Å². The summed E-state index contributed by atoms with van der Waals surface area (Å²) >= 11 is 2.34. The van der Waals surface area contributed by atoms with Crippen LogP contribution in [0.4, 0.5) is 0 Å². The van der Waals surface area contributed by atoms with E-state index >= 15 is 0 Å². The molecule has 0 saturated heterocycles. The Morgan fingerprint density at radius 2 is 1.96 bits per heavy atom. The van der Waals surface area contributed by atoms with Crippen LogP contribution in [0.3, 0.4) is 0 Å². The van der Waals surface area contributed by atoms with Crippen LogP contribution in [-0.4, -0.2) is 42.0 Å². The summed E-state index contributed by atoms with van der Waals surface area (Å²) in [5.41, 5.74) is 3.35. The number of amides is 1. The molecule has 2 aromatic rings.